The van der Waals surface area contributed by atoms with Crippen molar-refractivity contribution < 1.29 is 9.53 Å². The highest BCUT2D eigenvalue weighted by Gasteiger charge is 2.35. The Labute approximate surface area is 106 Å². The highest BCUT2D eigenvalue weighted by Crippen LogP contribution is 2.28. The van der Waals surface area contributed by atoms with E-state index >= 15 is 0 Å². The van der Waals surface area contributed by atoms with Crippen LogP contribution in [0, 0.1) is 11.3 Å². The topological polar surface area (TPSA) is 79.3 Å². The SMILES string of the molecule is COC(=O)c1ccccc1N1CCC(N)(C#N)C1. The molecule has 0 aromatic heterocycles. The number of esters is 1. The molecule has 5 heteroatoms. The molecule has 5 nitrogen and oxygen atoms in total. The lowest BCUT2D eigenvalue weighted by Gasteiger charge is -2.22. The number of nitrogens with two attached hydrogens (primary N) is 1. The van der Waals surface area contributed by atoms with E-state index in [1.165, 1.54) is 7.11 Å². The molecular weight excluding hydrogens is 230 g/mol. The van der Waals surface area contributed by atoms with Crippen LogP contribution in [0.15, 0.2) is 24.3 Å². The van der Waals surface area contributed by atoms with Crippen LogP contribution >= 0.6 is 0 Å². The molecule has 1 aromatic rings. The molecule has 1 atom stereocenters. The van der Waals surface area contributed by atoms with Crippen molar-refractivity contribution in [1.29, 1.82) is 5.26 Å². The predicted octanol–water partition coefficient (Wildman–Crippen LogP) is 0.904. The lowest BCUT2D eigenvalue weighted by Crippen LogP contribution is -2.41. The van der Waals surface area contributed by atoms with Crippen molar-refractivity contribution in [2.75, 3.05) is 25.1 Å². The Morgan fingerprint density at radius 3 is 2.89 bits per heavy atom. The molecule has 2 rings (SSSR count). The van der Waals surface area contributed by atoms with E-state index in [4.69, 9.17) is 15.7 Å². The van der Waals surface area contributed by atoms with Crippen molar-refractivity contribution >= 4 is 11.7 Å². The summed E-state index contributed by atoms with van der Waals surface area (Å²) >= 11 is 0. The van der Waals surface area contributed by atoms with E-state index in [0.717, 1.165) is 5.69 Å². The van der Waals surface area contributed by atoms with E-state index in [9.17, 15) is 4.79 Å². The van der Waals surface area contributed by atoms with Crippen molar-refractivity contribution in [3.05, 3.63) is 29.8 Å². The maximum absolute atomic E-state index is 11.7. The minimum Gasteiger partial charge on any atom is -0.465 e. The Kier molecular flexibility index (Phi) is 3.21. The van der Waals surface area contributed by atoms with Crippen LogP contribution in [0.5, 0.6) is 0 Å². The molecule has 0 saturated carbocycles. The maximum Gasteiger partial charge on any atom is 0.339 e. The molecule has 1 saturated heterocycles. The number of nitriles is 1. The molecule has 0 radical (unpaired) electrons. The summed E-state index contributed by atoms with van der Waals surface area (Å²) in [7, 11) is 1.35. The number of methoxy groups -OCH3 is 1. The fourth-order valence-corrected chi connectivity index (χ4v) is 2.16. The van der Waals surface area contributed by atoms with Crippen LogP contribution in [0.4, 0.5) is 5.69 Å². The smallest absolute Gasteiger partial charge is 0.339 e. The molecule has 18 heavy (non-hydrogen) atoms. The third-order valence-corrected chi connectivity index (χ3v) is 3.17. The number of carbonyl (C=O) groups is 1. The first-order valence-corrected chi connectivity index (χ1v) is 5.72. The van der Waals surface area contributed by atoms with Crippen LogP contribution in [0.1, 0.15) is 16.8 Å². The summed E-state index contributed by atoms with van der Waals surface area (Å²) in [6.45, 7) is 1.09. The van der Waals surface area contributed by atoms with Crippen LogP contribution in [-0.2, 0) is 4.74 Å². The first-order chi connectivity index (χ1) is 8.59. The van der Waals surface area contributed by atoms with Gasteiger partial charge in [-0.25, -0.2) is 4.79 Å². The molecule has 0 amide bonds. The highest BCUT2D eigenvalue weighted by molar-refractivity contribution is 5.95. The second-order valence-electron chi connectivity index (χ2n) is 4.45. The average molecular weight is 245 g/mol. The first-order valence-electron chi connectivity index (χ1n) is 5.72. The van der Waals surface area contributed by atoms with Gasteiger partial charge in [-0.15, -0.1) is 0 Å². The summed E-state index contributed by atoms with van der Waals surface area (Å²) in [4.78, 5) is 13.6. The van der Waals surface area contributed by atoms with Crippen LogP contribution in [0.2, 0.25) is 0 Å². The van der Waals surface area contributed by atoms with Gasteiger partial charge in [0.2, 0.25) is 0 Å². The van der Waals surface area contributed by atoms with E-state index in [2.05, 4.69) is 6.07 Å². The minimum atomic E-state index is -0.830. The van der Waals surface area contributed by atoms with Gasteiger partial charge in [0.1, 0.15) is 5.54 Å². The first kappa shape index (κ1) is 12.4. The number of hydrogen-bond donors (Lipinski definition) is 1. The zero-order chi connectivity index (χ0) is 13.2. The van der Waals surface area contributed by atoms with Crippen LogP contribution in [-0.4, -0.2) is 31.7 Å². The second kappa shape index (κ2) is 4.67. The minimum absolute atomic E-state index is 0.378. The molecule has 1 aromatic carbocycles. The molecule has 94 valence electrons. The van der Waals surface area contributed by atoms with Crippen LogP contribution in [0.3, 0.4) is 0 Å². The number of carbonyl (C=O) groups excluding carboxylic acids is 1. The van der Waals surface area contributed by atoms with E-state index in [1.807, 2.05) is 17.0 Å². The number of rotatable bonds is 2. The van der Waals surface area contributed by atoms with Crippen LogP contribution in [0.25, 0.3) is 0 Å². The van der Waals surface area contributed by atoms with E-state index in [-0.39, 0.29) is 5.97 Å². The Hall–Kier alpha value is -2.06. The van der Waals surface area contributed by atoms with Crippen molar-refractivity contribution in [3.63, 3.8) is 0 Å². The Morgan fingerprint density at radius 1 is 1.56 bits per heavy atom. The normalized spacial score (nSPS) is 22.6. The van der Waals surface area contributed by atoms with Crippen molar-refractivity contribution in [2.45, 2.75) is 12.0 Å². The van der Waals surface area contributed by atoms with Gasteiger partial charge in [0.05, 0.1) is 24.4 Å². The third kappa shape index (κ3) is 2.15. The van der Waals surface area contributed by atoms with Gasteiger partial charge < -0.3 is 15.4 Å². The molecule has 1 aliphatic rings. The van der Waals surface area contributed by atoms with Gasteiger partial charge in [-0.1, -0.05) is 12.1 Å². The van der Waals surface area contributed by atoms with Gasteiger partial charge in [0.15, 0.2) is 0 Å². The van der Waals surface area contributed by atoms with Gasteiger partial charge in [-0.3, -0.25) is 0 Å². The van der Waals surface area contributed by atoms with Gasteiger partial charge in [-0.05, 0) is 18.6 Å². The predicted molar refractivity (Wildman–Crippen MR) is 67.1 cm³/mol. The zero-order valence-electron chi connectivity index (χ0n) is 10.2. The summed E-state index contributed by atoms with van der Waals surface area (Å²) in [6.07, 6.45) is 0.596. The Bertz CT molecular complexity index is 509. The lowest BCUT2D eigenvalue weighted by atomic mass is 10.0. The molecule has 0 bridgehead atoms. The zero-order valence-corrected chi connectivity index (χ0v) is 10.2. The van der Waals surface area contributed by atoms with Gasteiger partial charge >= 0.3 is 5.97 Å². The summed E-state index contributed by atoms with van der Waals surface area (Å²) < 4.78 is 4.75. The molecule has 1 aliphatic heterocycles. The van der Waals surface area contributed by atoms with E-state index < -0.39 is 5.54 Å². The number of para-hydroxylation sites is 1. The van der Waals surface area contributed by atoms with Crippen molar-refractivity contribution in [3.8, 4) is 6.07 Å². The highest BCUT2D eigenvalue weighted by atomic mass is 16.5. The fraction of sp³-hybridized carbons (Fsp3) is 0.385. The standard InChI is InChI=1S/C13H15N3O2/c1-18-12(17)10-4-2-3-5-11(10)16-7-6-13(15,8-14)9-16/h2-5H,6-7,9,15H2,1H3. The average Bonchev–Trinajstić information content (AvgIpc) is 2.81. The summed E-state index contributed by atoms with van der Waals surface area (Å²) in [5, 5.41) is 9.02. The van der Waals surface area contributed by atoms with Crippen molar-refractivity contribution in [2.24, 2.45) is 5.73 Å². The molecule has 1 heterocycles. The second-order valence-corrected chi connectivity index (χ2v) is 4.45. The number of nitrogens with zero attached hydrogens (tertiary/aromatic N) is 2. The van der Waals surface area contributed by atoms with Crippen LogP contribution < -0.4 is 10.6 Å². The molecule has 2 N–H and O–H groups in total. The Morgan fingerprint density at radius 2 is 2.28 bits per heavy atom. The van der Waals surface area contributed by atoms with Gasteiger partial charge in [0.25, 0.3) is 0 Å². The number of hydrogen-bond acceptors (Lipinski definition) is 5. The maximum atomic E-state index is 11.7. The monoisotopic (exact) mass is 245 g/mol. The largest absolute Gasteiger partial charge is 0.465 e. The summed E-state index contributed by atoms with van der Waals surface area (Å²) in [5.41, 5.74) is 6.37. The van der Waals surface area contributed by atoms with E-state index in [1.54, 1.807) is 12.1 Å². The van der Waals surface area contributed by atoms with Gasteiger partial charge in [-0.2, -0.15) is 5.26 Å². The lowest BCUT2D eigenvalue weighted by molar-refractivity contribution is 0.0601. The summed E-state index contributed by atoms with van der Waals surface area (Å²) in [6, 6.07) is 9.31. The Balaban J connectivity index is 2.31. The molecule has 1 unspecified atom stereocenters. The molecule has 0 aliphatic carbocycles. The third-order valence-electron chi connectivity index (χ3n) is 3.17. The fourth-order valence-electron chi connectivity index (χ4n) is 2.16. The molecule has 1 fully saturated rings. The van der Waals surface area contributed by atoms with Gasteiger partial charge in [0, 0.05) is 13.1 Å². The molecule has 0 spiro atoms. The van der Waals surface area contributed by atoms with Crippen molar-refractivity contribution in [1.82, 2.24) is 0 Å². The summed E-state index contributed by atoms with van der Waals surface area (Å²) in [5.74, 6) is -0.378. The van der Waals surface area contributed by atoms with E-state index in [0.29, 0.717) is 25.1 Å². The number of benzene rings is 1. The number of ether oxygens (including phenoxy) is 1. The number of anilines is 1. The molecular formula is C13H15N3O2. The quantitative estimate of drug-likeness (QED) is 0.783.